The quantitative estimate of drug-likeness (QED) is 0.609. The normalized spacial score (nSPS) is 16.8. The Labute approximate surface area is 159 Å². The van der Waals surface area contributed by atoms with Gasteiger partial charge in [0.1, 0.15) is 0 Å². The third-order valence-corrected chi connectivity index (χ3v) is 5.12. The summed E-state index contributed by atoms with van der Waals surface area (Å²) in [6.07, 6.45) is 3.77. The average Bonchev–Trinajstić information content (AvgIpc) is 2.85. The van der Waals surface area contributed by atoms with Gasteiger partial charge in [0.05, 0.1) is 11.4 Å². The Morgan fingerprint density at radius 1 is 1.08 bits per heavy atom. The number of hydrogen-bond acceptors (Lipinski definition) is 3. The maximum Gasteiger partial charge on any atom is 0.293 e. The molecule has 0 N–H and O–H groups in total. The fourth-order valence-corrected chi connectivity index (χ4v) is 3.62. The van der Waals surface area contributed by atoms with Crippen LogP contribution in [0.5, 0.6) is 0 Å². The van der Waals surface area contributed by atoms with E-state index in [1.807, 2.05) is 67.6 Å². The lowest BCUT2D eigenvalue weighted by molar-refractivity contribution is -0.123. The molecule has 0 aliphatic carbocycles. The maximum atomic E-state index is 12.6. The van der Waals surface area contributed by atoms with E-state index in [0.29, 0.717) is 4.91 Å². The molecule has 5 heteroatoms. The van der Waals surface area contributed by atoms with Gasteiger partial charge in [0, 0.05) is 4.47 Å². The molecule has 2 aromatic carbocycles. The fraction of sp³-hybridized carbons (Fsp3) is 0.100. The van der Waals surface area contributed by atoms with Crippen LogP contribution in [0.4, 0.5) is 4.79 Å². The topological polar surface area (TPSA) is 37.4 Å². The third kappa shape index (κ3) is 4.50. The Kier molecular flexibility index (Phi) is 5.56. The molecule has 3 rings (SSSR count). The van der Waals surface area contributed by atoms with Crippen LogP contribution >= 0.6 is 27.7 Å². The number of thioether (sulfide) groups is 1. The molecule has 25 heavy (non-hydrogen) atoms. The standard InChI is InChI=1S/C20H16BrNO2S/c1-14(11-15-5-3-2-4-6-15)12-18-19(23)22(20(24)25-18)13-16-7-9-17(21)10-8-16/h2-12H,13H2,1H3/b14-11+,18-12+. The van der Waals surface area contributed by atoms with Crippen LogP contribution in [0.25, 0.3) is 6.08 Å². The first-order valence-corrected chi connectivity index (χ1v) is 9.37. The second-order valence-electron chi connectivity index (χ2n) is 5.69. The second kappa shape index (κ2) is 7.85. The molecule has 0 spiro atoms. The molecule has 1 aliphatic rings. The lowest BCUT2D eigenvalue weighted by atomic mass is 10.1. The molecule has 0 aromatic heterocycles. The van der Waals surface area contributed by atoms with Gasteiger partial charge in [-0.3, -0.25) is 14.5 Å². The Morgan fingerprint density at radius 2 is 1.76 bits per heavy atom. The van der Waals surface area contributed by atoms with Crippen molar-refractivity contribution in [1.82, 2.24) is 4.90 Å². The van der Waals surface area contributed by atoms with Gasteiger partial charge in [-0.1, -0.05) is 64.5 Å². The van der Waals surface area contributed by atoms with Gasteiger partial charge in [0.2, 0.25) is 0 Å². The van der Waals surface area contributed by atoms with E-state index in [1.165, 1.54) is 4.90 Å². The van der Waals surface area contributed by atoms with Crippen LogP contribution in [0, 0.1) is 0 Å². The zero-order chi connectivity index (χ0) is 17.8. The average molecular weight is 414 g/mol. The highest BCUT2D eigenvalue weighted by atomic mass is 79.9. The summed E-state index contributed by atoms with van der Waals surface area (Å²) < 4.78 is 0.965. The van der Waals surface area contributed by atoms with Gasteiger partial charge in [-0.05, 0) is 53.6 Å². The van der Waals surface area contributed by atoms with Crippen LogP contribution < -0.4 is 0 Å². The highest BCUT2D eigenvalue weighted by molar-refractivity contribution is 9.10. The minimum atomic E-state index is -0.237. The van der Waals surface area contributed by atoms with Gasteiger partial charge in [0.25, 0.3) is 11.1 Å². The molecule has 3 nitrogen and oxygen atoms in total. The predicted molar refractivity (Wildman–Crippen MR) is 106 cm³/mol. The molecular weight excluding hydrogens is 398 g/mol. The van der Waals surface area contributed by atoms with E-state index in [4.69, 9.17) is 0 Å². The molecule has 0 unspecified atom stereocenters. The molecule has 0 bridgehead atoms. The van der Waals surface area contributed by atoms with Crippen LogP contribution in [0.15, 0.2) is 75.6 Å². The molecule has 1 fully saturated rings. The molecule has 0 saturated carbocycles. The molecule has 2 aromatic rings. The molecule has 1 heterocycles. The number of rotatable bonds is 4. The Hall–Kier alpha value is -2.11. The van der Waals surface area contributed by atoms with Crippen molar-refractivity contribution in [2.75, 3.05) is 0 Å². The largest absolute Gasteiger partial charge is 0.293 e. The summed E-state index contributed by atoms with van der Waals surface area (Å²) >= 11 is 4.37. The van der Waals surface area contributed by atoms with Gasteiger partial charge >= 0.3 is 0 Å². The number of carbonyl (C=O) groups is 2. The first kappa shape index (κ1) is 17.7. The van der Waals surface area contributed by atoms with E-state index >= 15 is 0 Å². The number of amides is 2. The van der Waals surface area contributed by atoms with Crippen molar-refractivity contribution in [1.29, 1.82) is 0 Å². The number of carbonyl (C=O) groups excluding carboxylic acids is 2. The Balaban J connectivity index is 1.76. The van der Waals surface area contributed by atoms with Crippen molar-refractivity contribution in [3.8, 4) is 0 Å². The van der Waals surface area contributed by atoms with Gasteiger partial charge in [0.15, 0.2) is 0 Å². The van der Waals surface area contributed by atoms with E-state index in [-0.39, 0.29) is 17.7 Å². The number of allylic oxidation sites excluding steroid dienone is 2. The van der Waals surface area contributed by atoms with Gasteiger partial charge in [-0.2, -0.15) is 0 Å². The van der Waals surface area contributed by atoms with E-state index < -0.39 is 0 Å². The molecule has 1 aliphatic heterocycles. The highest BCUT2D eigenvalue weighted by Gasteiger charge is 2.34. The number of hydrogen-bond donors (Lipinski definition) is 0. The third-order valence-electron chi connectivity index (χ3n) is 3.68. The lowest BCUT2D eigenvalue weighted by Crippen LogP contribution is -2.27. The molecule has 1 saturated heterocycles. The van der Waals surface area contributed by atoms with Crippen molar-refractivity contribution in [2.24, 2.45) is 0 Å². The molecule has 126 valence electrons. The maximum absolute atomic E-state index is 12.6. The van der Waals surface area contributed by atoms with Crippen LogP contribution in [0.2, 0.25) is 0 Å². The fourth-order valence-electron chi connectivity index (χ4n) is 2.47. The monoisotopic (exact) mass is 413 g/mol. The van der Waals surface area contributed by atoms with E-state index in [1.54, 1.807) is 6.08 Å². The van der Waals surface area contributed by atoms with Crippen molar-refractivity contribution >= 4 is 44.9 Å². The Bertz CT molecular complexity index is 857. The van der Waals surface area contributed by atoms with Crippen LogP contribution in [-0.2, 0) is 11.3 Å². The van der Waals surface area contributed by atoms with E-state index in [9.17, 15) is 9.59 Å². The zero-order valence-electron chi connectivity index (χ0n) is 13.6. The summed E-state index contributed by atoms with van der Waals surface area (Å²) in [5.74, 6) is -0.237. The first-order chi connectivity index (χ1) is 12.0. The first-order valence-electron chi connectivity index (χ1n) is 7.76. The van der Waals surface area contributed by atoms with Crippen molar-refractivity contribution in [3.63, 3.8) is 0 Å². The van der Waals surface area contributed by atoms with Crippen LogP contribution in [0.3, 0.4) is 0 Å². The highest BCUT2D eigenvalue weighted by Crippen LogP contribution is 2.33. The SMILES string of the molecule is CC(=C\c1ccccc1)/C=C1/SC(=O)N(Cc2ccc(Br)cc2)C1=O. The van der Waals surface area contributed by atoms with Crippen LogP contribution in [-0.4, -0.2) is 16.0 Å². The van der Waals surface area contributed by atoms with Gasteiger partial charge < -0.3 is 0 Å². The number of nitrogens with zero attached hydrogens (tertiary/aromatic N) is 1. The molecule has 0 radical (unpaired) electrons. The minimum absolute atomic E-state index is 0.230. The summed E-state index contributed by atoms with van der Waals surface area (Å²) in [6.45, 7) is 2.21. The van der Waals surface area contributed by atoms with E-state index in [0.717, 1.165) is 32.9 Å². The van der Waals surface area contributed by atoms with E-state index in [2.05, 4.69) is 15.9 Å². The second-order valence-corrected chi connectivity index (χ2v) is 7.60. The lowest BCUT2D eigenvalue weighted by Gasteiger charge is -2.12. The zero-order valence-corrected chi connectivity index (χ0v) is 16.0. The van der Waals surface area contributed by atoms with Crippen LogP contribution in [0.1, 0.15) is 18.1 Å². The van der Waals surface area contributed by atoms with Gasteiger partial charge in [-0.15, -0.1) is 0 Å². The Morgan fingerprint density at radius 3 is 2.44 bits per heavy atom. The summed E-state index contributed by atoms with van der Waals surface area (Å²) in [4.78, 5) is 26.5. The minimum Gasteiger partial charge on any atom is -0.268 e. The number of imide groups is 1. The smallest absolute Gasteiger partial charge is 0.268 e. The van der Waals surface area contributed by atoms with Crippen molar-refractivity contribution in [3.05, 3.63) is 86.8 Å². The summed E-state index contributed by atoms with van der Waals surface area (Å²) in [7, 11) is 0. The summed E-state index contributed by atoms with van der Waals surface area (Å²) in [5, 5.41) is -0.230. The molecular formula is C20H16BrNO2S. The molecule has 2 amide bonds. The van der Waals surface area contributed by atoms with Gasteiger partial charge in [-0.25, -0.2) is 0 Å². The molecule has 0 atom stereocenters. The predicted octanol–water partition coefficient (Wildman–Crippen LogP) is 5.63. The van der Waals surface area contributed by atoms with Crippen molar-refractivity contribution in [2.45, 2.75) is 13.5 Å². The number of benzene rings is 2. The van der Waals surface area contributed by atoms with Crippen molar-refractivity contribution < 1.29 is 9.59 Å². The summed E-state index contributed by atoms with van der Waals surface area (Å²) in [6, 6.07) is 17.5. The summed E-state index contributed by atoms with van der Waals surface area (Å²) in [5.41, 5.74) is 2.91. The number of halogens is 1.